The molecule has 2 aromatic heterocycles. The molecule has 150 valence electrons. The number of anilines is 3. The number of rotatable bonds is 8. The summed E-state index contributed by atoms with van der Waals surface area (Å²) >= 11 is 0. The van der Waals surface area contributed by atoms with Gasteiger partial charge in [-0.05, 0) is 36.8 Å². The van der Waals surface area contributed by atoms with Crippen LogP contribution in [0.1, 0.15) is 12.5 Å². The van der Waals surface area contributed by atoms with E-state index in [4.69, 9.17) is 14.7 Å². The smallest absolute Gasteiger partial charge is 0.163 e. The van der Waals surface area contributed by atoms with Gasteiger partial charge in [0, 0.05) is 30.6 Å². The molecule has 6 heteroatoms. The maximum Gasteiger partial charge on any atom is 0.163 e. The minimum atomic E-state index is 0.594. The van der Waals surface area contributed by atoms with E-state index >= 15 is 0 Å². The Hall–Kier alpha value is -3.93. The van der Waals surface area contributed by atoms with E-state index in [0.717, 1.165) is 28.4 Å². The number of benzene rings is 2. The van der Waals surface area contributed by atoms with Gasteiger partial charge in [0.25, 0.3) is 0 Å². The predicted molar refractivity (Wildman–Crippen MR) is 120 cm³/mol. The van der Waals surface area contributed by atoms with Crippen molar-refractivity contribution in [2.45, 2.75) is 13.5 Å². The van der Waals surface area contributed by atoms with Crippen molar-refractivity contribution in [2.24, 2.45) is 0 Å². The third-order valence-electron chi connectivity index (χ3n) is 4.43. The number of nitrogens with zero attached hydrogens (tertiary/aromatic N) is 3. The van der Waals surface area contributed by atoms with E-state index in [1.54, 1.807) is 12.4 Å². The normalized spacial score (nSPS) is 10.4. The minimum absolute atomic E-state index is 0.594. The number of para-hydroxylation sites is 2. The molecule has 0 amide bonds. The molecule has 0 unspecified atom stereocenters. The van der Waals surface area contributed by atoms with E-state index in [1.807, 2.05) is 79.7 Å². The Bertz CT molecular complexity index is 1090. The Kier molecular flexibility index (Phi) is 6.15. The molecule has 0 radical (unpaired) electrons. The van der Waals surface area contributed by atoms with Gasteiger partial charge < -0.3 is 15.4 Å². The van der Waals surface area contributed by atoms with E-state index in [9.17, 15) is 0 Å². The molecule has 0 atom stereocenters. The Morgan fingerprint density at radius 2 is 1.57 bits per heavy atom. The molecule has 2 aromatic carbocycles. The van der Waals surface area contributed by atoms with Gasteiger partial charge in [-0.25, -0.2) is 9.97 Å². The number of nitrogens with one attached hydrogen (secondary N) is 2. The Morgan fingerprint density at radius 1 is 0.833 bits per heavy atom. The number of hydrogen-bond acceptors (Lipinski definition) is 6. The highest BCUT2D eigenvalue weighted by molar-refractivity contribution is 5.68. The highest BCUT2D eigenvalue weighted by Gasteiger charge is 2.10. The van der Waals surface area contributed by atoms with Crippen molar-refractivity contribution in [2.75, 3.05) is 17.2 Å². The molecule has 4 aromatic rings. The van der Waals surface area contributed by atoms with Crippen molar-refractivity contribution >= 4 is 17.3 Å². The first-order valence-electron chi connectivity index (χ1n) is 9.88. The lowest BCUT2D eigenvalue weighted by atomic mass is 10.2. The lowest BCUT2D eigenvalue weighted by Gasteiger charge is -2.14. The van der Waals surface area contributed by atoms with Gasteiger partial charge in [0.15, 0.2) is 5.82 Å². The lowest BCUT2D eigenvalue weighted by Crippen LogP contribution is -2.06. The van der Waals surface area contributed by atoms with E-state index < -0.39 is 0 Å². The van der Waals surface area contributed by atoms with E-state index in [2.05, 4.69) is 15.6 Å². The van der Waals surface area contributed by atoms with Crippen LogP contribution in [0.25, 0.3) is 11.4 Å². The quantitative estimate of drug-likeness (QED) is 0.421. The third kappa shape index (κ3) is 4.91. The first-order chi connectivity index (χ1) is 14.8. The van der Waals surface area contributed by atoms with Crippen LogP contribution < -0.4 is 15.4 Å². The summed E-state index contributed by atoms with van der Waals surface area (Å²) in [6.07, 6.45) is 3.56. The highest BCUT2D eigenvalue weighted by atomic mass is 16.5. The zero-order chi connectivity index (χ0) is 20.6. The lowest BCUT2D eigenvalue weighted by molar-refractivity contribution is 0.342. The standard InChI is InChI=1S/C24H23N5O/c1-2-30-21-11-7-6-10-20(21)27-23-16-22(26-17-18-12-14-25-15-13-18)28-24(29-23)19-8-4-3-5-9-19/h3-16H,2,17H2,1H3,(H2,26,27,28,29). The highest BCUT2D eigenvalue weighted by Crippen LogP contribution is 2.28. The van der Waals surface area contributed by atoms with Crippen LogP contribution >= 0.6 is 0 Å². The second-order valence-corrected chi connectivity index (χ2v) is 6.59. The van der Waals surface area contributed by atoms with Crippen molar-refractivity contribution in [1.29, 1.82) is 0 Å². The van der Waals surface area contributed by atoms with Gasteiger partial charge in [-0.1, -0.05) is 42.5 Å². The minimum Gasteiger partial charge on any atom is -0.492 e. The average Bonchev–Trinajstić information content (AvgIpc) is 2.80. The van der Waals surface area contributed by atoms with Crippen LogP contribution in [-0.2, 0) is 6.54 Å². The summed E-state index contributed by atoms with van der Waals surface area (Å²) in [4.78, 5) is 13.5. The summed E-state index contributed by atoms with van der Waals surface area (Å²) in [5.41, 5.74) is 2.93. The van der Waals surface area contributed by atoms with Crippen LogP contribution in [0.15, 0.2) is 85.2 Å². The fraction of sp³-hybridized carbons (Fsp3) is 0.125. The number of aromatic nitrogens is 3. The Labute approximate surface area is 176 Å². The third-order valence-corrected chi connectivity index (χ3v) is 4.43. The predicted octanol–water partition coefficient (Wildman–Crippen LogP) is 5.29. The number of pyridine rings is 1. The first kappa shape index (κ1) is 19.4. The summed E-state index contributed by atoms with van der Waals surface area (Å²) in [7, 11) is 0. The second-order valence-electron chi connectivity index (χ2n) is 6.59. The molecule has 2 heterocycles. The molecular weight excluding hydrogens is 374 g/mol. The van der Waals surface area contributed by atoms with Gasteiger partial charge in [0.05, 0.1) is 12.3 Å². The van der Waals surface area contributed by atoms with Crippen LogP contribution in [0, 0.1) is 0 Å². The summed E-state index contributed by atoms with van der Waals surface area (Å²) in [5, 5.41) is 6.77. The maximum atomic E-state index is 5.73. The topological polar surface area (TPSA) is 72.0 Å². The van der Waals surface area contributed by atoms with E-state index in [1.165, 1.54) is 0 Å². The molecule has 0 aliphatic carbocycles. The maximum absolute atomic E-state index is 5.73. The van der Waals surface area contributed by atoms with E-state index in [-0.39, 0.29) is 0 Å². The van der Waals surface area contributed by atoms with Crippen molar-refractivity contribution in [3.63, 3.8) is 0 Å². The number of ether oxygens (including phenoxy) is 1. The molecule has 6 nitrogen and oxygen atoms in total. The fourth-order valence-corrected chi connectivity index (χ4v) is 3.00. The monoisotopic (exact) mass is 397 g/mol. The zero-order valence-electron chi connectivity index (χ0n) is 16.7. The summed E-state index contributed by atoms with van der Waals surface area (Å²) in [6, 6.07) is 23.6. The molecule has 30 heavy (non-hydrogen) atoms. The van der Waals surface area contributed by atoms with Gasteiger partial charge in [0.2, 0.25) is 0 Å². The molecule has 0 fully saturated rings. The molecule has 0 saturated heterocycles. The van der Waals surface area contributed by atoms with Crippen molar-refractivity contribution in [3.05, 3.63) is 90.8 Å². The molecule has 0 aliphatic rings. The molecule has 4 rings (SSSR count). The van der Waals surface area contributed by atoms with Crippen LogP contribution in [0.5, 0.6) is 5.75 Å². The van der Waals surface area contributed by atoms with Gasteiger partial charge in [0.1, 0.15) is 17.4 Å². The largest absolute Gasteiger partial charge is 0.492 e. The van der Waals surface area contributed by atoms with Crippen LogP contribution in [0.4, 0.5) is 17.3 Å². The van der Waals surface area contributed by atoms with Gasteiger partial charge in [-0.3, -0.25) is 4.98 Å². The first-order valence-corrected chi connectivity index (χ1v) is 9.88. The van der Waals surface area contributed by atoms with Crippen molar-refractivity contribution in [1.82, 2.24) is 15.0 Å². The molecule has 2 N–H and O–H groups in total. The fourth-order valence-electron chi connectivity index (χ4n) is 3.00. The van der Waals surface area contributed by atoms with Gasteiger partial charge in [-0.2, -0.15) is 0 Å². The Balaban J connectivity index is 1.65. The second kappa shape index (κ2) is 9.52. The van der Waals surface area contributed by atoms with Crippen LogP contribution in [-0.4, -0.2) is 21.6 Å². The molecule has 0 bridgehead atoms. The molecule has 0 spiro atoms. The SMILES string of the molecule is CCOc1ccccc1Nc1cc(NCc2ccncc2)nc(-c2ccccc2)n1. The molecule has 0 saturated carbocycles. The summed E-state index contributed by atoms with van der Waals surface area (Å²) < 4.78 is 5.73. The number of hydrogen-bond donors (Lipinski definition) is 2. The summed E-state index contributed by atoms with van der Waals surface area (Å²) in [5.74, 6) is 2.85. The summed E-state index contributed by atoms with van der Waals surface area (Å²) in [6.45, 7) is 3.20. The van der Waals surface area contributed by atoms with Crippen LogP contribution in [0.2, 0.25) is 0 Å². The van der Waals surface area contributed by atoms with Gasteiger partial charge in [-0.15, -0.1) is 0 Å². The molecular formula is C24H23N5O. The van der Waals surface area contributed by atoms with Crippen molar-refractivity contribution in [3.8, 4) is 17.1 Å². The Morgan fingerprint density at radius 3 is 2.37 bits per heavy atom. The van der Waals surface area contributed by atoms with E-state index in [0.29, 0.717) is 24.8 Å². The average molecular weight is 397 g/mol. The van der Waals surface area contributed by atoms with Crippen LogP contribution in [0.3, 0.4) is 0 Å². The van der Waals surface area contributed by atoms with Crippen molar-refractivity contribution < 1.29 is 4.74 Å². The molecule has 0 aliphatic heterocycles. The van der Waals surface area contributed by atoms with Gasteiger partial charge >= 0.3 is 0 Å². The zero-order valence-corrected chi connectivity index (χ0v) is 16.7.